The summed E-state index contributed by atoms with van der Waals surface area (Å²) in [5.41, 5.74) is 0.808. The number of fused-ring (bicyclic) bond motifs is 4. The van der Waals surface area contributed by atoms with Crippen molar-refractivity contribution in [2.24, 2.45) is 5.92 Å². The Balaban J connectivity index is 1.80. The van der Waals surface area contributed by atoms with Gasteiger partial charge in [-0.1, -0.05) is 30.3 Å². The number of piperidine rings is 1. The van der Waals surface area contributed by atoms with Gasteiger partial charge in [0.05, 0.1) is 5.60 Å². The van der Waals surface area contributed by atoms with E-state index in [1.54, 1.807) is 0 Å². The average Bonchev–Trinajstić information content (AvgIpc) is 2.61. The fourth-order valence-electron chi connectivity index (χ4n) is 3.43. The second-order valence-corrected chi connectivity index (χ2v) is 5.63. The van der Waals surface area contributed by atoms with Crippen molar-refractivity contribution in [3.63, 3.8) is 0 Å². The Morgan fingerprint density at radius 1 is 1.12 bits per heavy atom. The topological polar surface area (TPSA) is 23.5 Å². The van der Waals surface area contributed by atoms with E-state index in [9.17, 15) is 5.11 Å². The van der Waals surface area contributed by atoms with E-state index in [-0.39, 0.29) is 0 Å². The van der Waals surface area contributed by atoms with Gasteiger partial charge in [-0.2, -0.15) is 0 Å². The predicted molar refractivity (Wildman–Crippen MR) is 68.9 cm³/mol. The van der Waals surface area contributed by atoms with Crippen LogP contribution in [0.15, 0.2) is 30.3 Å². The maximum Gasteiger partial charge on any atom is 0.0729 e. The van der Waals surface area contributed by atoms with Crippen molar-refractivity contribution in [1.29, 1.82) is 0 Å². The fourth-order valence-corrected chi connectivity index (χ4v) is 3.43. The SMILES string of the molecule is OC1(Cc2ccccc2)CCN2CCC1CC2. The largest absolute Gasteiger partial charge is 0.389 e. The van der Waals surface area contributed by atoms with E-state index in [0.29, 0.717) is 5.92 Å². The Labute approximate surface area is 103 Å². The number of rotatable bonds is 2. The Kier molecular flexibility index (Phi) is 2.93. The summed E-state index contributed by atoms with van der Waals surface area (Å²) in [5.74, 6) is 0.501. The van der Waals surface area contributed by atoms with E-state index in [1.807, 2.05) is 6.07 Å². The van der Waals surface area contributed by atoms with Gasteiger partial charge in [0, 0.05) is 13.0 Å². The molecule has 0 spiro atoms. The van der Waals surface area contributed by atoms with Crippen LogP contribution in [0.2, 0.25) is 0 Å². The van der Waals surface area contributed by atoms with Crippen LogP contribution in [-0.4, -0.2) is 35.2 Å². The van der Waals surface area contributed by atoms with Crippen molar-refractivity contribution < 1.29 is 5.11 Å². The van der Waals surface area contributed by atoms with Crippen molar-refractivity contribution in [1.82, 2.24) is 4.90 Å². The van der Waals surface area contributed by atoms with E-state index in [0.717, 1.165) is 19.4 Å². The Morgan fingerprint density at radius 3 is 2.53 bits per heavy atom. The van der Waals surface area contributed by atoms with Crippen LogP contribution in [0.5, 0.6) is 0 Å². The molecular weight excluding hydrogens is 210 g/mol. The number of hydrogen-bond acceptors (Lipinski definition) is 2. The molecule has 3 heterocycles. The van der Waals surface area contributed by atoms with Gasteiger partial charge in [0.25, 0.3) is 0 Å². The molecule has 3 aliphatic heterocycles. The van der Waals surface area contributed by atoms with E-state index < -0.39 is 5.60 Å². The summed E-state index contributed by atoms with van der Waals surface area (Å²) >= 11 is 0. The summed E-state index contributed by atoms with van der Waals surface area (Å²) in [6.45, 7) is 3.43. The summed E-state index contributed by atoms with van der Waals surface area (Å²) in [4.78, 5) is 2.50. The van der Waals surface area contributed by atoms with Crippen LogP contribution in [0, 0.1) is 5.92 Å². The lowest BCUT2D eigenvalue weighted by Gasteiger charge is -2.35. The molecule has 0 aliphatic carbocycles. The van der Waals surface area contributed by atoms with E-state index in [2.05, 4.69) is 29.2 Å². The first-order chi connectivity index (χ1) is 8.26. The maximum atomic E-state index is 11.0. The summed E-state index contributed by atoms with van der Waals surface area (Å²) in [6, 6.07) is 10.4. The number of aliphatic hydroxyl groups is 1. The van der Waals surface area contributed by atoms with Gasteiger partial charge < -0.3 is 10.0 Å². The molecule has 2 heteroatoms. The van der Waals surface area contributed by atoms with Crippen LogP contribution < -0.4 is 0 Å². The quantitative estimate of drug-likeness (QED) is 0.842. The molecule has 1 N–H and O–H groups in total. The molecule has 2 bridgehead atoms. The summed E-state index contributed by atoms with van der Waals surface area (Å²) in [7, 11) is 0. The monoisotopic (exact) mass is 231 g/mol. The second kappa shape index (κ2) is 4.43. The highest BCUT2D eigenvalue weighted by Gasteiger charge is 2.41. The van der Waals surface area contributed by atoms with E-state index in [4.69, 9.17) is 0 Å². The molecule has 3 fully saturated rings. The van der Waals surface area contributed by atoms with Gasteiger partial charge in [0.15, 0.2) is 0 Å². The molecule has 4 rings (SSSR count). The van der Waals surface area contributed by atoms with Gasteiger partial charge in [0.2, 0.25) is 0 Å². The maximum absolute atomic E-state index is 11.0. The van der Waals surface area contributed by atoms with Gasteiger partial charge in [-0.3, -0.25) is 0 Å². The molecule has 0 saturated carbocycles. The van der Waals surface area contributed by atoms with Crippen LogP contribution in [0.25, 0.3) is 0 Å². The van der Waals surface area contributed by atoms with Crippen LogP contribution in [-0.2, 0) is 6.42 Å². The van der Waals surface area contributed by atoms with Crippen LogP contribution >= 0.6 is 0 Å². The third-order valence-corrected chi connectivity index (χ3v) is 4.56. The summed E-state index contributed by atoms with van der Waals surface area (Å²) in [6.07, 6.45) is 4.10. The third-order valence-electron chi connectivity index (χ3n) is 4.56. The average molecular weight is 231 g/mol. The van der Waals surface area contributed by atoms with Crippen molar-refractivity contribution in [3.05, 3.63) is 35.9 Å². The van der Waals surface area contributed by atoms with Crippen molar-refractivity contribution >= 4 is 0 Å². The summed E-state index contributed by atoms with van der Waals surface area (Å²) < 4.78 is 0. The molecule has 0 amide bonds. The van der Waals surface area contributed by atoms with Gasteiger partial charge >= 0.3 is 0 Å². The first kappa shape index (κ1) is 11.2. The highest BCUT2D eigenvalue weighted by atomic mass is 16.3. The van der Waals surface area contributed by atoms with Crippen molar-refractivity contribution in [3.8, 4) is 0 Å². The molecular formula is C15H21NO. The normalized spacial score (nSPS) is 36.8. The van der Waals surface area contributed by atoms with Crippen LogP contribution in [0.1, 0.15) is 24.8 Å². The molecule has 3 aliphatic rings. The van der Waals surface area contributed by atoms with Gasteiger partial charge in [-0.05, 0) is 43.8 Å². The predicted octanol–water partition coefficient (Wildman–Crippen LogP) is 2.08. The molecule has 0 aromatic heterocycles. The lowest BCUT2D eigenvalue weighted by atomic mass is 9.77. The molecule has 1 atom stereocenters. The minimum atomic E-state index is -0.466. The lowest BCUT2D eigenvalue weighted by molar-refractivity contribution is -0.0225. The molecule has 3 saturated heterocycles. The molecule has 92 valence electrons. The number of hydrogen-bond donors (Lipinski definition) is 1. The van der Waals surface area contributed by atoms with Crippen LogP contribution in [0.3, 0.4) is 0 Å². The minimum Gasteiger partial charge on any atom is -0.389 e. The molecule has 1 aromatic rings. The molecule has 1 unspecified atom stereocenters. The molecule has 17 heavy (non-hydrogen) atoms. The van der Waals surface area contributed by atoms with E-state index >= 15 is 0 Å². The van der Waals surface area contributed by atoms with Crippen molar-refractivity contribution in [2.75, 3.05) is 19.6 Å². The Morgan fingerprint density at radius 2 is 1.82 bits per heavy atom. The Hall–Kier alpha value is -0.860. The first-order valence-electron chi connectivity index (χ1n) is 6.75. The molecule has 0 radical (unpaired) electrons. The standard InChI is InChI=1S/C15H21NO/c17-15(12-13-4-2-1-3-5-13)8-11-16-9-6-14(15)7-10-16/h1-5,14,17H,6-12H2. The fraction of sp³-hybridized carbons (Fsp3) is 0.600. The number of benzene rings is 1. The smallest absolute Gasteiger partial charge is 0.0729 e. The van der Waals surface area contributed by atoms with Crippen molar-refractivity contribution in [2.45, 2.75) is 31.3 Å². The third kappa shape index (κ3) is 2.24. The van der Waals surface area contributed by atoms with Gasteiger partial charge in [-0.25, -0.2) is 0 Å². The lowest BCUT2D eigenvalue weighted by Crippen LogP contribution is -2.41. The van der Waals surface area contributed by atoms with Gasteiger partial charge in [0.1, 0.15) is 0 Å². The van der Waals surface area contributed by atoms with Gasteiger partial charge in [-0.15, -0.1) is 0 Å². The molecule has 1 aromatic carbocycles. The highest BCUT2D eigenvalue weighted by Crippen LogP contribution is 2.37. The zero-order valence-electron chi connectivity index (χ0n) is 10.3. The minimum absolute atomic E-state index is 0.466. The zero-order chi connectivity index (χ0) is 11.7. The highest BCUT2D eigenvalue weighted by molar-refractivity contribution is 5.18. The van der Waals surface area contributed by atoms with E-state index in [1.165, 1.54) is 31.5 Å². The second-order valence-electron chi connectivity index (χ2n) is 5.63. The summed E-state index contributed by atoms with van der Waals surface area (Å²) in [5, 5.41) is 11.0. The number of nitrogens with zero attached hydrogens (tertiary/aromatic N) is 1. The zero-order valence-corrected chi connectivity index (χ0v) is 10.3. The van der Waals surface area contributed by atoms with Crippen LogP contribution in [0.4, 0.5) is 0 Å². The first-order valence-corrected chi connectivity index (χ1v) is 6.75. The Bertz CT molecular complexity index is 370. The molecule has 2 nitrogen and oxygen atoms in total.